The maximum absolute atomic E-state index is 12.3. The van der Waals surface area contributed by atoms with Gasteiger partial charge in [0.25, 0.3) is 0 Å². The molecular weight excluding hydrogens is 402 g/mol. The average Bonchev–Trinajstić information content (AvgIpc) is 3.21. The Balaban J connectivity index is 1.47. The maximum atomic E-state index is 12.3. The summed E-state index contributed by atoms with van der Waals surface area (Å²) in [5.74, 6) is 1.29. The van der Waals surface area contributed by atoms with E-state index < -0.39 is 0 Å². The Morgan fingerprint density at radius 3 is 2.41 bits per heavy atom. The number of hydrogen-bond acceptors (Lipinski definition) is 6. The number of rotatable bonds is 7. The van der Waals surface area contributed by atoms with Crippen LogP contribution >= 0.6 is 0 Å². The van der Waals surface area contributed by atoms with Crippen molar-refractivity contribution in [3.8, 4) is 0 Å². The van der Waals surface area contributed by atoms with Crippen molar-refractivity contribution in [3.63, 3.8) is 0 Å². The van der Waals surface area contributed by atoms with Crippen molar-refractivity contribution in [2.24, 2.45) is 5.92 Å². The molecule has 1 N–H and O–H groups in total. The van der Waals surface area contributed by atoms with Crippen molar-refractivity contribution in [2.75, 3.05) is 28.8 Å². The SMILES string of the molecule is CC(C)[C@H]1COC(=O)N1c1ccnc(N[C@@H](C)c2ccc(N(C)c3ccccc3)cc2)n1. The Bertz CT molecular complexity index is 1060. The van der Waals surface area contributed by atoms with Gasteiger partial charge in [0, 0.05) is 24.6 Å². The van der Waals surface area contributed by atoms with E-state index in [1.165, 1.54) is 0 Å². The number of carbonyl (C=O) groups excluding carboxylic acids is 1. The number of aromatic nitrogens is 2. The predicted molar refractivity (Wildman–Crippen MR) is 127 cm³/mol. The highest BCUT2D eigenvalue weighted by atomic mass is 16.6. The molecule has 0 bridgehead atoms. The monoisotopic (exact) mass is 431 g/mol. The van der Waals surface area contributed by atoms with Crippen molar-refractivity contribution in [2.45, 2.75) is 32.9 Å². The minimum absolute atomic E-state index is 0.00671. The standard InChI is InChI=1S/C25H29N5O2/c1-17(2)22-16-32-25(31)30(22)23-14-15-26-24(28-23)27-18(3)19-10-12-21(13-11-19)29(4)20-8-6-5-7-9-20/h5-15,17-18,22H,16H2,1-4H3,(H,26,27,28)/t18-,22+/m0/s1. The first-order valence-corrected chi connectivity index (χ1v) is 10.9. The van der Waals surface area contributed by atoms with E-state index in [2.05, 4.69) is 84.4 Å². The number of benzene rings is 2. The predicted octanol–water partition coefficient (Wildman–Crippen LogP) is 5.40. The highest BCUT2D eigenvalue weighted by molar-refractivity contribution is 5.89. The van der Waals surface area contributed by atoms with Gasteiger partial charge in [-0.2, -0.15) is 4.98 Å². The molecule has 0 aliphatic carbocycles. The number of para-hydroxylation sites is 1. The van der Waals surface area contributed by atoms with Gasteiger partial charge in [0.1, 0.15) is 12.4 Å². The van der Waals surface area contributed by atoms with Gasteiger partial charge in [-0.15, -0.1) is 0 Å². The summed E-state index contributed by atoms with van der Waals surface area (Å²) in [4.78, 5) is 25.0. The molecule has 2 heterocycles. The molecule has 0 radical (unpaired) electrons. The van der Waals surface area contributed by atoms with Crippen LogP contribution in [0.3, 0.4) is 0 Å². The summed E-state index contributed by atoms with van der Waals surface area (Å²) in [5.41, 5.74) is 3.36. The van der Waals surface area contributed by atoms with E-state index in [-0.39, 0.29) is 24.1 Å². The molecule has 1 aliphatic heterocycles. The molecule has 0 saturated carbocycles. The van der Waals surface area contributed by atoms with E-state index >= 15 is 0 Å². The topological polar surface area (TPSA) is 70.6 Å². The largest absolute Gasteiger partial charge is 0.447 e. The maximum Gasteiger partial charge on any atom is 0.415 e. The molecule has 1 amide bonds. The quantitative estimate of drug-likeness (QED) is 0.540. The van der Waals surface area contributed by atoms with E-state index in [4.69, 9.17) is 4.74 Å². The van der Waals surface area contributed by atoms with Crippen molar-refractivity contribution in [3.05, 3.63) is 72.4 Å². The summed E-state index contributed by atoms with van der Waals surface area (Å²) >= 11 is 0. The summed E-state index contributed by atoms with van der Waals surface area (Å²) in [6.45, 7) is 6.58. The third-order valence-electron chi connectivity index (χ3n) is 5.83. The zero-order chi connectivity index (χ0) is 22.7. The molecule has 3 aromatic rings. The lowest BCUT2D eigenvalue weighted by molar-refractivity contribution is 0.177. The van der Waals surface area contributed by atoms with Crippen LogP contribution in [0.5, 0.6) is 0 Å². The molecule has 7 heteroatoms. The molecule has 0 unspecified atom stereocenters. The van der Waals surface area contributed by atoms with Crippen LogP contribution in [0, 0.1) is 5.92 Å². The van der Waals surface area contributed by atoms with Crippen molar-refractivity contribution >= 4 is 29.2 Å². The van der Waals surface area contributed by atoms with E-state index in [1.807, 2.05) is 18.2 Å². The third-order valence-corrected chi connectivity index (χ3v) is 5.83. The molecule has 0 spiro atoms. The highest BCUT2D eigenvalue weighted by Crippen LogP contribution is 2.28. The minimum Gasteiger partial charge on any atom is -0.447 e. The molecule has 1 aromatic heterocycles. The van der Waals surface area contributed by atoms with Crippen LogP contribution in [0.1, 0.15) is 32.4 Å². The summed E-state index contributed by atoms with van der Waals surface area (Å²) in [6, 6.07) is 20.4. The molecule has 1 fully saturated rings. The van der Waals surface area contributed by atoms with Crippen LogP contribution in [0.2, 0.25) is 0 Å². The van der Waals surface area contributed by atoms with Gasteiger partial charge in [0.2, 0.25) is 5.95 Å². The van der Waals surface area contributed by atoms with Gasteiger partial charge in [0.15, 0.2) is 0 Å². The Labute approximate surface area is 189 Å². The number of carbonyl (C=O) groups is 1. The molecule has 4 rings (SSSR count). The Hall–Kier alpha value is -3.61. The van der Waals surface area contributed by atoms with Crippen LogP contribution in [-0.4, -0.2) is 35.8 Å². The number of hydrogen-bond donors (Lipinski definition) is 1. The van der Waals surface area contributed by atoms with E-state index in [1.54, 1.807) is 17.2 Å². The Kier molecular flexibility index (Phi) is 6.25. The van der Waals surface area contributed by atoms with Crippen LogP contribution < -0.4 is 15.1 Å². The fraction of sp³-hybridized carbons (Fsp3) is 0.320. The fourth-order valence-corrected chi connectivity index (χ4v) is 3.81. The Morgan fingerprint density at radius 1 is 1.03 bits per heavy atom. The van der Waals surface area contributed by atoms with Gasteiger partial charge >= 0.3 is 6.09 Å². The minimum atomic E-state index is -0.362. The third kappa shape index (κ3) is 4.51. The number of ether oxygens (including phenoxy) is 1. The lowest BCUT2D eigenvalue weighted by Crippen LogP contribution is -2.37. The number of amides is 1. The second-order valence-electron chi connectivity index (χ2n) is 8.35. The smallest absolute Gasteiger partial charge is 0.415 e. The van der Waals surface area contributed by atoms with Crippen molar-refractivity contribution < 1.29 is 9.53 Å². The second-order valence-corrected chi connectivity index (χ2v) is 8.35. The first kappa shape index (κ1) is 21.6. The lowest BCUT2D eigenvalue weighted by atomic mass is 10.0. The van der Waals surface area contributed by atoms with Gasteiger partial charge in [0.05, 0.1) is 12.1 Å². The molecule has 7 nitrogen and oxygen atoms in total. The molecule has 32 heavy (non-hydrogen) atoms. The number of nitrogens with one attached hydrogen (secondary N) is 1. The number of anilines is 4. The van der Waals surface area contributed by atoms with Gasteiger partial charge in [-0.1, -0.05) is 44.2 Å². The summed E-state index contributed by atoms with van der Waals surface area (Å²) < 4.78 is 5.25. The van der Waals surface area contributed by atoms with Crippen molar-refractivity contribution in [1.29, 1.82) is 0 Å². The van der Waals surface area contributed by atoms with E-state index in [9.17, 15) is 4.79 Å². The zero-order valence-corrected chi connectivity index (χ0v) is 18.9. The normalized spacial score (nSPS) is 16.7. The first-order chi connectivity index (χ1) is 15.4. The van der Waals surface area contributed by atoms with Crippen LogP contribution in [0.15, 0.2) is 66.9 Å². The number of cyclic esters (lactones) is 1. The molecule has 1 aliphatic rings. The molecule has 2 aromatic carbocycles. The summed E-state index contributed by atoms with van der Waals surface area (Å²) in [6.07, 6.45) is 1.30. The molecule has 2 atom stereocenters. The Morgan fingerprint density at radius 2 is 1.72 bits per heavy atom. The van der Waals surface area contributed by atoms with Crippen LogP contribution in [-0.2, 0) is 4.74 Å². The van der Waals surface area contributed by atoms with Crippen LogP contribution in [0.4, 0.5) is 27.9 Å². The number of nitrogens with zero attached hydrogens (tertiary/aromatic N) is 4. The zero-order valence-electron chi connectivity index (χ0n) is 18.9. The fourth-order valence-electron chi connectivity index (χ4n) is 3.81. The summed E-state index contributed by atoms with van der Waals surface area (Å²) in [7, 11) is 2.05. The van der Waals surface area contributed by atoms with Crippen molar-refractivity contribution in [1.82, 2.24) is 9.97 Å². The average molecular weight is 432 g/mol. The first-order valence-electron chi connectivity index (χ1n) is 10.9. The van der Waals surface area contributed by atoms with Gasteiger partial charge in [-0.3, -0.25) is 4.90 Å². The van der Waals surface area contributed by atoms with Crippen LogP contribution in [0.25, 0.3) is 0 Å². The van der Waals surface area contributed by atoms with E-state index in [0.717, 1.165) is 16.9 Å². The van der Waals surface area contributed by atoms with Gasteiger partial charge in [-0.25, -0.2) is 9.78 Å². The van der Waals surface area contributed by atoms with E-state index in [0.29, 0.717) is 18.4 Å². The second kappa shape index (κ2) is 9.26. The highest BCUT2D eigenvalue weighted by Gasteiger charge is 2.37. The van der Waals surface area contributed by atoms with Gasteiger partial charge < -0.3 is 15.0 Å². The molecular formula is C25H29N5O2. The van der Waals surface area contributed by atoms with Gasteiger partial charge in [-0.05, 0) is 48.7 Å². The molecule has 1 saturated heterocycles. The lowest BCUT2D eigenvalue weighted by Gasteiger charge is -2.24. The molecule has 166 valence electrons. The summed E-state index contributed by atoms with van der Waals surface area (Å²) in [5, 5.41) is 3.35.